The minimum Gasteiger partial charge on any atom is -0.369 e. The smallest absolute Gasteiger partial charge is 0.264 e. The summed E-state index contributed by atoms with van der Waals surface area (Å²) in [6, 6.07) is 10.7. The number of likely N-dealkylation sites (tertiary alicyclic amines) is 1. The summed E-state index contributed by atoms with van der Waals surface area (Å²) < 4.78 is 27.9. The highest BCUT2D eigenvalue weighted by Crippen LogP contribution is 2.30. The van der Waals surface area contributed by atoms with Gasteiger partial charge in [-0.05, 0) is 50.1 Å². The number of anilines is 1. The Kier molecular flexibility index (Phi) is 7.13. The van der Waals surface area contributed by atoms with Crippen LogP contribution in [0.25, 0.3) is 0 Å². The van der Waals surface area contributed by atoms with E-state index in [1.165, 1.54) is 30.3 Å². The molecule has 166 valence electrons. The molecule has 7 nitrogen and oxygen atoms in total. The van der Waals surface area contributed by atoms with Gasteiger partial charge in [-0.25, -0.2) is 8.42 Å². The fraction of sp³-hybridized carbons (Fsp3) is 0.333. The molecule has 2 N–H and O–H groups in total. The van der Waals surface area contributed by atoms with Gasteiger partial charge in [0.15, 0.2) is 0 Å². The lowest BCUT2D eigenvalue weighted by Gasteiger charge is -2.33. The summed E-state index contributed by atoms with van der Waals surface area (Å²) in [6.07, 6.45) is 0.906. The fourth-order valence-corrected chi connectivity index (χ4v) is 5.38. The third-order valence-corrected chi connectivity index (χ3v) is 7.50. The number of benzene rings is 2. The number of rotatable bonds is 6. The first-order valence-electron chi connectivity index (χ1n) is 9.70. The second kappa shape index (κ2) is 9.46. The van der Waals surface area contributed by atoms with Crippen molar-refractivity contribution in [3.8, 4) is 0 Å². The van der Waals surface area contributed by atoms with Crippen LogP contribution in [0.5, 0.6) is 0 Å². The lowest BCUT2D eigenvalue weighted by atomic mass is 9.96. The summed E-state index contributed by atoms with van der Waals surface area (Å²) in [5.74, 6) is -1.04. The van der Waals surface area contributed by atoms with Crippen LogP contribution >= 0.6 is 23.2 Å². The molecule has 10 heteroatoms. The van der Waals surface area contributed by atoms with Crippen molar-refractivity contribution in [2.75, 3.05) is 23.9 Å². The van der Waals surface area contributed by atoms with Crippen LogP contribution in [0.4, 0.5) is 5.69 Å². The molecule has 1 saturated heterocycles. The Hall–Kier alpha value is -2.29. The van der Waals surface area contributed by atoms with Crippen molar-refractivity contribution in [1.82, 2.24) is 4.90 Å². The van der Waals surface area contributed by atoms with Crippen molar-refractivity contribution >= 4 is 50.7 Å². The van der Waals surface area contributed by atoms with Gasteiger partial charge in [0.05, 0.1) is 10.6 Å². The average Bonchev–Trinajstić information content (AvgIpc) is 2.71. The molecule has 0 aromatic heterocycles. The number of aryl methyl sites for hydroxylation is 1. The molecular formula is C21H23Cl2N3O4S. The molecule has 0 aliphatic carbocycles. The minimum atomic E-state index is -4.07. The molecule has 1 aliphatic rings. The van der Waals surface area contributed by atoms with Gasteiger partial charge in [0, 0.05) is 29.1 Å². The molecule has 1 fully saturated rings. The summed E-state index contributed by atoms with van der Waals surface area (Å²) in [5, 5.41) is 0.502. The van der Waals surface area contributed by atoms with Crippen molar-refractivity contribution in [2.24, 2.45) is 11.7 Å². The summed E-state index contributed by atoms with van der Waals surface area (Å²) >= 11 is 12.2. The number of sulfonamides is 1. The normalized spacial score (nSPS) is 15.0. The highest BCUT2D eigenvalue weighted by atomic mass is 35.5. The first-order valence-corrected chi connectivity index (χ1v) is 11.9. The van der Waals surface area contributed by atoms with Gasteiger partial charge in [-0.15, -0.1) is 0 Å². The number of hydrogen-bond donors (Lipinski definition) is 1. The summed E-state index contributed by atoms with van der Waals surface area (Å²) in [6.45, 7) is 2.10. The Morgan fingerprint density at radius 2 is 1.61 bits per heavy atom. The van der Waals surface area contributed by atoms with E-state index in [-0.39, 0.29) is 38.4 Å². The zero-order chi connectivity index (χ0) is 22.8. The lowest BCUT2D eigenvalue weighted by molar-refractivity contribution is -0.133. The van der Waals surface area contributed by atoms with Crippen LogP contribution in [-0.2, 0) is 19.6 Å². The molecule has 31 heavy (non-hydrogen) atoms. The highest BCUT2D eigenvalue weighted by molar-refractivity contribution is 7.92. The molecule has 0 bridgehead atoms. The second-order valence-corrected chi connectivity index (χ2v) is 10.2. The van der Waals surface area contributed by atoms with Gasteiger partial charge in [-0.1, -0.05) is 40.9 Å². The SMILES string of the molecule is Cc1ccc(S(=O)(=O)N(CC(=O)N2CCC(C(N)=O)CC2)c2cc(Cl)cc(Cl)c2)cc1. The molecule has 3 rings (SSSR count). The van der Waals surface area contributed by atoms with Crippen LogP contribution < -0.4 is 10.0 Å². The van der Waals surface area contributed by atoms with Crippen LogP contribution in [0.15, 0.2) is 47.4 Å². The number of nitrogens with two attached hydrogens (primary N) is 1. The molecule has 2 aromatic rings. The third-order valence-electron chi connectivity index (χ3n) is 5.27. The Balaban J connectivity index is 1.92. The Labute approximate surface area is 191 Å². The van der Waals surface area contributed by atoms with E-state index in [1.54, 1.807) is 17.0 Å². The molecule has 0 radical (unpaired) electrons. The number of hydrogen-bond acceptors (Lipinski definition) is 4. The summed E-state index contributed by atoms with van der Waals surface area (Å²) in [7, 11) is -4.07. The third kappa shape index (κ3) is 5.50. The summed E-state index contributed by atoms with van der Waals surface area (Å²) in [4.78, 5) is 26.0. The van der Waals surface area contributed by atoms with Gasteiger partial charge in [-0.3, -0.25) is 13.9 Å². The van der Waals surface area contributed by atoms with Gasteiger partial charge in [0.2, 0.25) is 11.8 Å². The lowest BCUT2D eigenvalue weighted by Crippen LogP contribution is -2.47. The molecule has 0 spiro atoms. The molecule has 1 heterocycles. The number of carbonyl (C=O) groups is 2. The monoisotopic (exact) mass is 483 g/mol. The largest absolute Gasteiger partial charge is 0.369 e. The van der Waals surface area contributed by atoms with Crippen molar-refractivity contribution in [1.29, 1.82) is 0 Å². The van der Waals surface area contributed by atoms with Gasteiger partial charge < -0.3 is 10.6 Å². The molecule has 2 aromatic carbocycles. The van der Waals surface area contributed by atoms with E-state index in [2.05, 4.69) is 0 Å². The predicted molar refractivity (Wildman–Crippen MR) is 121 cm³/mol. The highest BCUT2D eigenvalue weighted by Gasteiger charge is 2.31. The van der Waals surface area contributed by atoms with Crippen molar-refractivity contribution < 1.29 is 18.0 Å². The maximum atomic E-state index is 13.4. The number of piperidine rings is 1. The first kappa shape index (κ1) is 23.4. The standard InChI is InChI=1S/C21H23Cl2N3O4S/c1-14-2-4-19(5-3-14)31(29,30)26(18-11-16(22)10-17(23)12-18)13-20(27)25-8-6-15(7-9-25)21(24)28/h2-5,10-12,15H,6-9,13H2,1H3,(H2,24,28). The van der Waals surface area contributed by atoms with Gasteiger partial charge in [-0.2, -0.15) is 0 Å². The van der Waals surface area contributed by atoms with Crippen molar-refractivity contribution in [3.63, 3.8) is 0 Å². The van der Waals surface area contributed by atoms with Crippen molar-refractivity contribution in [3.05, 3.63) is 58.1 Å². The zero-order valence-electron chi connectivity index (χ0n) is 16.9. The van der Waals surface area contributed by atoms with Crippen LogP contribution in [0, 0.1) is 12.8 Å². The number of halogens is 2. The molecule has 0 saturated carbocycles. The van der Waals surface area contributed by atoms with Gasteiger partial charge in [0.25, 0.3) is 10.0 Å². The predicted octanol–water partition coefficient (Wildman–Crippen LogP) is 3.22. The number of amides is 2. The molecule has 1 aliphatic heterocycles. The Morgan fingerprint density at radius 1 is 1.06 bits per heavy atom. The zero-order valence-corrected chi connectivity index (χ0v) is 19.3. The van der Waals surface area contributed by atoms with E-state index < -0.39 is 16.6 Å². The average molecular weight is 484 g/mol. The van der Waals surface area contributed by atoms with Crippen LogP contribution in [0.3, 0.4) is 0 Å². The van der Waals surface area contributed by atoms with E-state index in [4.69, 9.17) is 28.9 Å². The molecule has 0 atom stereocenters. The number of carbonyl (C=O) groups excluding carboxylic acids is 2. The van der Waals surface area contributed by atoms with Crippen LogP contribution in [0.2, 0.25) is 10.0 Å². The van der Waals surface area contributed by atoms with E-state index in [0.29, 0.717) is 25.9 Å². The number of nitrogens with zero attached hydrogens (tertiary/aromatic N) is 2. The van der Waals surface area contributed by atoms with Crippen LogP contribution in [-0.4, -0.2) is 44.8 Å². The topological polar surface area (TPSA) is 101 Å². The summed E-state index contributed by atoms with van der Waals surface area (Å²) in [5.41, 5.74) is 6.45. The quantitative estimate of drug-likeness (QED) is 0.681. The van der Waals surface area contributed by atoms with Crippen molar-refractivity contribution in [2.45, 2.75) is 24.7 Å². The molecular weight excluding hydrogens is 461 g/mol. The minimum absolute atomic E-state index is 0.0504. The molecule has 0 unspecified atom stereocenters. The van der Waals surface area contributed by atoms with Gasteiger partial charge >= 0.3 is 0 Å². The van der Waals surface area contributed by atoms with E-state index in [9.17, 15) is 18.0 Å². The number of primary amides is 1. The van der Waals surface area contributed by atoms with E-state index in [0.717, 1.165) is 9.87 Å². The van der Waals surface area contributed by atoms with E-state index in [1.807, 2.05) is 6.92 Å². The van der Waals surface area contributed by atoms with Gasteiger partial charge in [0.1, 0.15) is 6.54 Å². The fourth-order valence-electron chi connectivity index (χ4n) is 3.47. The molecule has 2 amide bonds. The Bertz CT molecular complexity index is 1060. The second-order valence-electron chi connectivity index (χ2n) is 7.51. The maximum Gasteiger partial charge on any atom is 0.264 e. The first-order chi connectivity index (χ1) is 14.6. The Morgan fingerprint density at radius 3 is 2.13 bits per heavy atom. The van der Waals surface area contributed by atoms with E-state index >= 15 is 0 Å². The maximum absolute atomic E-state index is 13.4. The van der Waals surface area contributed by atoms with Crippen LogP contribution in [0.1, 0.15) is 18.4 Å².